The van der Waals surface area contributed by atoms with Crippen LogP contribution in [-0.2, 0) is 16.0 Å². The second-order valence-electron chi connectivity index (χ2n) is 4.44. The average molecular weight is 268 g/mol. The molecule has 0 spiro atoms. The van der Waals surface area contributed by atoms with Crippen LogP contribution in [0, 0.1) is 0 Å². The highest BCUT2D eigenvalue weighted by Crippen LogP contribution is 2.20. The molecule has 0 aromatic heterocycles. The largest absolute Gasteiger partial charge is 0.359 e. The summed E-state index contributed by atoms with van der Waals surface area (Å²) in [6.45, 7) is 3.41. The standard InChI is InChI=1S/C14H18ClNO2/c1-2-18-14-4-3-9-16(14)13(17)10-11-5-7-12(15)8-6-11/h5-8,14H,2-4,9-10H2,1H3. The second-order valence-corrected chi connectivity index (χ2v) is 4.88. The van der Waals surface area contributed by atoms with Gasteiger partial charge in [-0.3, -0.25) is 4.79 Å². The van der Waals surface area contributed by atoms with E-state index in [1.807, 2.05) is 36.1 Å². The number of ether oxygens (including phenoxy) is 1. The third-order valence-corrected chi connectivity index (χ3v) is 3.40. The molecular formula is C14H18ClNO2. The first kappa shape index (κ1) is 13.4. The molecule has 0 saturated carbocycles. The lowest BCUT2D eigenvalue weighted by molar-refractivity contribution is -0.140. The number of nitrogens with zero attached hydrogens (tertiary/aromatic N) is 1. The smallest absolute Gasteiger partial charge is 0.229 e. The predicted molar refractivity (Wildman–Crippen MR) is 71.5 cm³/mol. The normalized spacial score (nSPS) is 19.2. The van der Waals surface area contributed by atoms with E-state index in [1.165, 1.54) is 0 Å². The van der Waals surface area contributed by atoms with E-state index in [1.54, 1.807) is 0 Å². The summed E-state index contributed by atoms with van der Waals surface area (Å²) >= 11 is 5.82. The summed E-state index contributed by atoms with van der Waals surface area (Å²) in [7, 11) is 0. The summed E-state index contributed by atoms with van der Waals surface area (Å²) in [5.41, 5.74) is 0.992. The van der Waals surface area contributed by atoms with Gasteiger partial charge in [-0.2, -0.15) is 0 Å². The summed E-state index contributed by atoms with van der Waals surface area (Å²) in [6.07, 6.45) is 2.35. The molecule has 3 nitrogen and oxygen atoms in total. The molecule has 1 heterocycles. The van der Waals surface area contributed by atoms with Crippen molar-refractivity contribution in [2.45, 2.75) is 32.4 Å². The molecule has 1 aromatic rings. The highest BCUT2D eigenvalue weighted by Gasteiger charge is 2.28. The summed E-state index contributed by atoms with van der Waals surface area (Å²) in [5, 5.41) is 0.694. The Bertz CT molecular complexity index is 405. The first-order valence-corrected chi connectivity index (χ1v) is 6.74. The average Bonchev–Trinajstić information content (AvgIpc) is 2.81. The molecule has 1 amide bonds. The summed E-state index contributed by atoms with van der Waals surface area (Å²) in [5.74, 6) is 0.133. The zero-order valence-electron chi connectivity index (χ0n) is 10.6. The van der Waals surface area contributed by atoms with Crippen LogP contribution < -0.4 is 0 Å². The van der Waals surface area contributed by atoms with Crippen molar-refractivity contribution in [1.82, 2.24) is 4.90 Å². The maximum absolute atomic E-state index is 12.2. The Morgan fingerprint density at radius 3 is 2.83 bits per heavy atom. The number of likely N-dealkylation sites (tertiary alicyclic amines) is 1. The summed E-state index contributed by atoms with van der Waals surface area (Å²) < 4.78 is 5.58. The second kappa shape index (κ2) is 6.21. The summed E-state index contributed by atoms with van der Waals surface area (Å²) in [4.78, 5) is 14.0. The number of carbonyl (C=O) groups is 1. The van der Waals surface area contributed by atoms with Crippen LogP contribution >= 0.6 is 11.6 Å². The molecule has 98 valence electrons. The number of halogens is 1. The molecule has 1 aromatic carbocycles. The number of amides is 1. The Labute approximate surface area is 113 Å². The minimum atomic E-state index is -0.0326. The Balaban J connectivity index is 1.96. The van der Waals surface area contributed by atoms with Gasteiger partial charge in [0.15, 0.2) is 0 Å². The van der Waals surface area contributed by atoms with Crippen molar-refractivity contribution >= 4 is 17.5 Å². The molecule has 1 atom stereocenters. The van der Waals surface area contributed by atoms with E-state index in [4.69, 9.17) is 16.3 Å². The number of hydrogen-bond acceptors (Lipinski definition) is 2. The quantitative estimate of drug-likeness (QED) is 0.840. The fraction of sp³-hybridized carbons (Fsp3) is 0.500. The van der Waals surface area contributed by atoms with Crippen molar-refractivity contribution in [1.29, 1.82) is 0 Å². The van der Waals surface area contributed by atoms with Gasteiger partial charge in [-0.05, 0) is 37.5 Å². The van der Waals surface area contributed by atoms with Crippen LogP contribution in [0.1, 0.15) is 25.3 Å². The first-order valence-electron chi connectivity index (χ1n) is 6.36. The molecule has 4 heteroatoms. The lowest BCUT2D eigenvalue weighted by atomic mass is 10.1. The van der Waals surface area contributed by atoms with Crippen molar-refractivity contribution in [3.63, 3.8) is 0 Å². The Hall–Kier alpha value is -1.06. The summed E-state index contributed by atoms with van der Waals surface area (Å²) in [6, 6.07) is 7.42. The molecule has 1 unspecified atom stereocenters. The molecule has 0 radical (unpaired) electrons. The van der Waals surface area contributed by atoms with E-state index in [2.05, 4.69) is 0 Å². The lowest BCUT2D eigenvalue weighted by Crippen LogP contribution is -2.38. The van der Waals surface area contributed by atoms with Gasteiger partial charge in [0.25, 0.3) is 0 Å². The van der Waals surface area contributed by atoms with Gasteiger partial charge in [0.1, 0.15) is 6.23 Å². The van der Waals surface area contributed by atoms with Gasteiger partial charge in [0.05, 0.1) is 6.42 Å². The molecule has 1 aliphatic rings. The minimum Gasteiger partial charge on any atom is -0.359 e. The molecule has 1 fully saturated rings. The SMILES string of the molecule is CCOC1CCCN1C(=O)Cc1ccc(Cl)cc1. The van der Waals surface area contributed by atoms with Crippen molar-refractivity contribution < 1.29 is 9.53 Å². The monoisotopic (exact) mass is 267 g/mol. The zero-order valence-corrected chi connectivity index (χ0v) is 11.3. The minimum absolute atomic E-state index is 0.0326. The number of hydrogen-bond donors (Lipinski definition) is 0. The van der Waals surface area contributed by atoms with Gasteiger partial charge in [-0.15, -0.1) is 0 Å². The molecule has 0 bridgehead atoms. The van der Waals surface area contributed by atoms with Gasteiger partial charge >= 0.3 is 0 Å². The van der Waals surface area contributed by atoms with Crippen molar-refractivity contribution in [3.8, 4) is 0 Å². The molecule has 0 aliphatic carbocycles. The van der Waals surface area contributed by atoms with E-state index >= 15 is 0 Å². The van der Waals surface area contributed by atoms with Crippen molar-refractivity contribution in [2.24, 2.45) is 0 Å². The Morgan fingerprint density at radius 2 is 2.17 bits per heavy atom. The molecule has 0 N–H and O–H groups in total. The third-order valence-electron chi connectivity index (χ3n) is 3.15. The van der Waals surface area contributed by atoms with Crippen LogP contribution in [0.5, 0.6) is 0 Å². The fourth-order valence-corrected chi connectivity index (χ4v) is 2.39. The Kier molecular flexibility index (Phi) is 4.61. The van der Waals surface area contributed by atoms with Crippen LogP contribution in [0.4, 0.5) is 0 Å². The number of benzene rings is 1. The van der Waals surface area contributed by atoms with Crippen LogP contribution in [0.25, 0.3) is 0 Å². The Morgan fingerprint density at radius 1 is 1.44 bits per heavy atom. The van der Waals surface area contributed by atoms with E-state index in [9.17, 15) is 4.79 Å². The van der Waals surface area contributed by atoms with Gasteiger partial charge < -0.3 is 9.64 Å². The van der Waals surface area contributed by atoms with E-state index in [-0.39, 0.29) is 12.1 Å². The maximum atomic E-state index is 12.2. The van der Waals surface area contributed by atoms with Crippen LogP contribution in [0.3, 0.4) is 0 Å². The molecule has 2 rings (SSSR count). The van der Waals surface area contributed by atoms with Gasteiger partial charge in [-0.1, -0.05) is 23.7 Å². The van der Waals surface area contributed by atoms with Crippen molar-refractivity contribution in [2.75, 3.05) is 13.2 Å². The maximum Gasteiger partial charge on any atom is 0.229 e. The number of rotatable bonds is 4. The van der Waals surface area contributed by atoms with Gasteiger partial charge in [-0.25, -0.2) is 0 Å². The lowest BCUT2D eigenvalue weighted by Gasteiger charge is -2.24. The highest BCUT2D eigenvalue weighted by atomic mass is 35.5. The predicted octanol–water partition coefficient (Wildman–Crippen LogP) is 2.87. The van der Waals surface area contributed by atoms with E-state index in [0.717, 1.165) is 24.9 Å². The van der Waals surface area contributed by atoms with Crippen LogP contribution in [0.15, 0.2) is 24.3 Å². The molecule has 18 heavy (non-hydrogen) atoms. The van der Waals surface area contributed by atoms with Crippen molar-refractivity contribution in [3.05, 3.63) is 34.9 Å². The molecule has 1 saturated heterocycles. The van der Waals surface area contributed by atoms with Crippen LogP contribution in [-0.4, -0.2) is 30.2 Å². The third kappa shape index (κ3) is 3.24. The highest BCUT2D eigenvalue weighted by molar-refractivity contribution is 6.30. The van der Waals surface area contributed by atoms with E-state index < -0.39 is 0 Å². The first-order chi connectivity index (χ1) is 8.70. The zero-order chi connectivity index (χ0) is 13.0. The number of carbonyl (C=O) groups excluding carboxylic acids is 1. The van der Waals surface area contributed by atoms with E-state index in [0.29, 0.717) is 18.1 Å². The van der Waals surface area contributed by atoms with Crippen LogP contribution in [0.2, 0.25) is 5.02 Å². The molecular weight excluding hydrogens is 250 g/mol. The fourth-order valence-electron chi connectivity index (χ4n) is 2.27. The van der Waals surface area contributed by atoms with Gasteiger partial charge in [0.2, 0.25) is 5.91 Å². The topological polar surface area (TPSA) is 29.5 Å². The van der Waals surface area contributed by atoms with Gasteiger partial charge in [0, 0.05) is 18.2 Å². The molecule has 1 aliphatic heterocycles.